The van der Waals surface area contributed by atoms with Gasteiger partial charge in [-0.25, -0.2) is 0 Å². The minimum Gasteiger partial charge on any atom is -0.0882 e. The van der Waals surface area contributed by atoms with E-state index in [1.807, 2.05) is 0 Å². The molecular formula is C17H26. The third-order valence-corrected chi connectivity index (χ3v) is 3.11. The van der Waals surface area contributed by atoms with Crippen molar-refractivity contribution < 1.29 is 0 Å². The molecule has 0 aromatic heterocycles. The SMILES string of the molecule is CCCCC/C=C/Cc1cccc(C(C)C)c1. The minimum atomic E-state index is 0.628. The molecule has 0 aliphatic carbocycles. The minimum absolute atomic E-state index is 0.628. The molecule has 0 heterocycles. The summed E-state index contributed by atoms with van der Waals surface area (Å²) in [5, 5.41) is 0. The van der Waals surface area contributed by atoms with Gasteiger partial charge in [-0.2, -0.15) is 0 Å². The molecule has 17 heavy (non-hydrogen) atoms. The smallest absolute Gasteiger partial charge is 0.00974 e. The molecular weight excluding hydrogens is 204 g/mol. The van der Waals surface area contributed by atoms with Crippen LogP contribution in [0.4, 0.5) is 0 Å². The van der Waals surface area contributed by atoms with Gasteiger partial charge in [0.25, 0.3) is 0 Å². The van der Waals surface area contributed by atoms with E-state index in [9.17, 15) is 0 Å². The number of rotatable bonds is 7. The predicted octanol–water partition coefficient (Wildman–Crippen LogP) is 5.49. The lowest BCUT2D eigenvalue weighted by Crippen LogP contribution is -1.89. The number of unbranched alkanes of at least 4 members (excludes halogenated alkanes) is 3. The number of benzene rings is 1. The van der Waals surface area contributed by atoms with Crippen LogP contribution in [0.3, 0.4) is 0 Å². The van der Waals surface area contributed by atoms with Crippen molar-refractivity contribution in [2.45, 2.75) is 58.8 Å². The predicted molar refractivity (Wildman–Crippen MR) is 77.5 cm³/mol. The summed E-state index contributed by atoms with van der Waals surface area (Å²) >= 11 is 0. The molecule has 0 aliphatic heterocycles. The standard InChI is InChI=1S/C17H26/c1-4-5-6-7-8-9-11-16-12-10-13-17(14-16)15(2)3/h8-10,12-15H,4-7,11H2,1-3H3/b9-8+. The number of allylic oxidation sites excluding steroid dienone is 2. The van der Waals surface area contributed by atoms with E-state index in [-0.39, 0.29) is 0 Å². The van der Waals surface area contributed by atoms with Crippen molar-refractivity contribution in [1.29, 1.82) is 0 Å². The first kappa shape index (κ1) is 14.0. The highest BCUT2D eigenvalue weighted by atomic mass is 14.0. The van der Waals surface area contributed by atoms with E-state index in [0.717, 1.165) is 6.42 Å². The lowest BCUT2D eigenvalue weighted by atomic mass is 9.99. The maximum Gasteiger partial charge on any atom is -0.00974 e. The Bertz CT molecular complexity index is 334. The van der Waals surface area contributed by atoms with Crippen LogP contribution in [0.25, 0.3) is 0 Å². The summed E-state index contributed by atoms with van der Waals surface area (Å²) in [4.78, 5) is 0. The molecule has 0 amide bonds. The topological polar surface area (TPSA) is 0 Å². The Morgan fingerprint density at radius 3 is 2.65 bits per heavy atom. The van der Waals surface area contributed by atoms with Gasteiger partial charge in [0.1, 0.15) is 0 Å². The van der Waals surface area contributed by atoms with Crippen LogP contribution in [-0.2, 0) is 6.42 Å². The van der Waals surface area contributed by atoms with Crippen LogP contribution in [0, 0.1) is 0 Å². The molecule has 0 radical (unpaired) electrons. The molecule has 0 atom stereocenters. The molecule has 0 spiro atoms. The second-order valence-electron chi connectivity index (χ2n) is 5.07. The maximum atomic E-state index is 2.33. The molecule has 0 heteroatoms. The third kappa shape index (κ3) is 5.72. The summed E-state index contributed by atoms with van der Waals surface area (Å²) in [5.41, 5.74) is 2.88. The van der Waals surface area contributed by atoms with Gasteiger partial charge in [0.2, 0.25) is 0 Å². The van der Waals surface area contributed by atoms with Crippen molar-refractivity contribution in [3.05, 3.63) is 47.5 Å². The monoisotopic (exact) mass is 230 g/mol. The fourth-order valence-electron chi connectivity index (χ4n) is 1.93. The van der Waals surface area contributed by atoms with Crippen LogP contribution < -0.4 is 0 Å². The van der Waals surface area contributed by atoms with Crippen LogP contribution in [0.2, 0.25) is 0 Å². The van der Waals surface area contributed by atoms with Crippen molar-refractivity contribution >= 4 is 0 Å². The van der Waals surface area contributed by atoms with Crippen LogP contribution >= 0.6 is 0 Å². The molecule has 94 valence electrons. The fourth-order valence-corrected chi connectivity index (χ4v) is 1.93. The zero-order chi connectivity index (χ0) is 12.5. The van der Waals surface area contributed by atoms with Crippen molar-refractivity contribution in [2.75, 3.05) is 0 Å². The summed E-state index contributed by atoms with van der Waals surface area (Å²) in [6, 6.07) is 8.96. The Morgan fingerprint density at radius 1 is 1.12 bits per heavy atom. The van der Waals surface area contributed by atoms with Crippen LogP contribution in [0.1, 0.15) is 63.5 Å². The molecule has 0 bridgehead atoms. The second kappa shape index (κ2) is 8.11. The highest BCUT2D eigenvalue weighted by Crippen LogP contribution is 2.16. The Labute approximate surface area is 107 Å². The summed E-state index contributed by atoms with van der Waals surface area (Å²) in [6.45, 7) is 6.75. The van der Waals surface area contributed by atoms with E-state index in [1.54, 1.807) is 0 Å². The Hall–Kier alpha value is -1.04. The zero-order valence-corrected chi connectivity index (χ0v) is 11.6. The summed E-state index contributed by atoms with van der Waals surface area (Å²) in [7, 11) is 0. The quantitative estimate of drug-likeness (QED) is 0.429. The van der Waals surface area contributed by atoms with E-state index in [2.05, 4.69) is 57.2 Å². The lowest BCUT2D eigenvalue weighted by molar-refractivity contribution is 0.728. The first-order chi connectivity index (χ1) is 8.24. The molecule has 0 fully saturated rings. The van der Waals surface area contributed by atoms with E-state index < -0.39 is 0 Å². The molecule has 0 saturated carbocycles. The van der Waals surface area contributed by atoms with Gasteiger partial charge in [-0.1, -0.05) is 70.0 Å². The summed E-state index contributed by atoms with van der Waals surface area (Å²) < 4.78 is 0. The zero-order valence-electron chi connectivity index (χ0n) is 11.6. The van der Waals surface area contributed by atoms with Gasteiger partial charge >= 0.3 is 0 Å². The number of hydrogen-bond acceptors (Lipinski definition) is 0. The molecule has 0 N–H and O–H groups in total. The normalized spacial score (nSPS) is 11.5. The highest BCUT2D eigenvalue weighted by molar-refractivity contribution is 5.27. The van der Waals surface area contributed by atoms with Crippen LogP contribution in [0.5, 0.6) is 0 Å². The third-order valence-electron chi connectivity index (χ3n) is 3.11. The summed E-state index contributed by atoms with van der Waals surface area (Å²) in [6.07, 6.45) is 11.0. The molecule has 1 aromatic rings. The van der Waals surface area contributed by atoms with Gasteiger partial charge in [0, 0.05) is 0 Å². The molecule has 1 rings (SSSR count). The van der Waals surface area contributed by atoms with Crippen molar-refractivity contribution in [1.82, 2.24) is 0 Å². The van der Waals surface area contributed by atoms with E-state index in [4.69, 9.17) is 0 Å². The van der Waals surface area contributed by atoms with E-state index >= 15 is 0 Å². The average Bonchev–Trinajstić information content (AvgIpc) is 2.34. The van der Waals surface area contributed by atoms with Gasteiger partial charge in [0.05, 0.1) is 0 Å². The largest absolute Gasteiger partial charge is 0.0882 e. The Morgan fingerprint density at radius 2 is 1.94 bits per heavy atom. The Kier molecular flexibility index (Phi) is 6.69. The first-order valence-corrected chi connectivity index (χ1v) is 6.98. The average molecular weight is 230 g/mol. The Balaban J connectivity index is 2.38. The molecule has 0 unspecified atom stereocenters. The molecule has 0 nitrogen and oxygen atoms in total. The van der Waals surface area contributed by atoms with Gasteiger partial charge in [0.15, 0.2) is 0 Å². The van der Waals surface area contributed by atoms with Gasteiger partial charge in [-0.05, 0) is 36.3 Å². The van der Waals surface area contributed by atoms with Gasteiger partial charge in [-0.3, -0.25) is 0 Å². The van der Waals surface area contributed by atoms with E-state index in [0.29, 0.717) is 5.92 Å². The van der Waals surface area contributed by atoms with Crippen molar-refractivity contribution in [3.63, 3.8) is 0 Å². The highest BCUT2D eigenvalue weighted by Gasteiger charge is 1.98. The van der Waals surface area contributed by atoms with Crippen LogP contribution in [0.15, 0.2) is 36.4 Å². The fraction of sp³-hybridized carbons (Fsp3) is 0.529. The summed E-state index contributed by atoms with van der Waals surface area (Å²) in [5.74, 6) is 0.628. The number of hydrogen-bond donors (Lipinski definition) is 0. The van der Waals surface area contributed by atoms with Crippen LogP contribution in [-0.4, -0.2) is 0 Å². The molecule has 0 aliphatic rings. The van der Waals surface area contributed by atoms with Crippen molar-refractivity contribution in [2.24, 2.45) is 0 Å². The second-order valence-corrected chi connectivity index (χ2v) is 5.07. The first-order valence-electron chi connectivity index (χ1n) is 6.98. The van der Waals surface area contributed by atoms with E-state index in [1.165, 1.54) is 36.8 Å². The lowest BCUT2D eigenvalue weighted by Gasteiger charge is -2.06. The molecule has 1 aromatic carbocycles. The maximum absolute atomic E-state index is 2.33. The van der Waals surface area contributed by atoms with Crippen molar-refractivity contribution in [3.8, 4) is 0 Å². The van der Waals surface area contributed by atoms with Gasteiger partial charge < -0.3 is 0 Å². The molecule has 0 saturated heterocycles. The van der Waals surface area contributed by atoms with Gasteiger partial charge in [-0.15, -0.1) is 0 Å².